The summed E-state index contributed by atoms with van der Waals surface area (Å²) in [5, 5.41) is 47.0. The van der Waals surface area contributed by atoms with Crippen molar-refractivity contribution in [2.75, 3.05) is 47.4 Å². The average molecular weight is 681 g/mol. The fraction of sp³-hybridized carbons (Fsp3) is 0.571. The zero-order valence-corrected chi connectivity index (χ0v) is 31.0. The minimum Gasteiger partial charge on any atom is -0.851 e. The van der Waals surface area contributed by atoms with Crippen LogP contribution in [0.3, 0.4) is 0 Å². The van der Waals surface area contributed by atoms with Crippen molar-refractivity contribution in [3.8, 4) is 0 Å². The minimum atomic E-state index is -1.14. The fourth-order valence-electron chi connectivity index (χ4n) is 7.43. The SMILES string of the molecule is CCCCCNc1cccc2c(C3C([O-])C(c4ncc(NCCCCC)c5c(NCCCCC)cccc45)C3[O-])ncc(NCCCCC)c12. The molecule has 0 saturated heterocycles. The molecule has 0 spiro atoms. The molecule has 2 aromatic carbocycles. The second-order valence-corrected chi connectivity index (χ2v) is 14.1. The summed E-state index contributed by atoms with van der Waals surface area (Å²) in [5.74, 6) is -1.49. The molecule has 1 fully saturated rings. The molecular formula is C42H60N6O2-2. The summed E-state index contributed by atoms with van der Waals surface area (Å²) in [5.41, 5.74) is 5.18. The Labute approximate surface area is 300 Å². The Morgan fingerprint density at radius 1 is 0.480 bits per heavy atom. The van der Waals surface area contributed by atoms with Gasteiger partial charge in [0.1, 0.15) is 0 Å². The summed E-state index contributed by atoms with van der Waals surface area (Å²) >= 11 is 0. The van der Waals surface area contributed by atoms with Crippen molar-refractivity contribution in [2.24, 2.45) is 0 Å². The van der Waals surface area contributed by atoms with Gasteiger partial charge in [0.05, 0.1) is 23.8 Å². The number of nitrogens with one attached hydrogen (secondary N) is 4. The monoisotopic (exact) mass is 680 g/mol. The molecule has 50 heavy (non-hydrogen) atoms. The van der Waals surface area contributed by atoms with Crippen LogP contribution in [-0.4, -0.2) is 48.4 Å². The number of unbranched alkanes of at least 4 members (excludes halogenated alkanes) is 8. The number of rotatable bonds is 22. The lowest BCUT2D eigenvalue weighted by atomic mass is 9.64. The second kappa shape index (κ2) is 19.1. The molecule has 8 nitrogen and oxygen atoms in total. The third-order valence-electron chi connectivity index (χ3n) is 10.3. The van der Waals surface area contributed by atoms with Gasteiger partial charge in [-0.25, -0.2) is 0 Å². The molecule has 8 heteroatoms. The Morgan fingerprint density at radius 2 is 0.820 bits per heavy atom. The van der Waals surface area contributed by atoms with Crippen molar-refractivity contribution in [2.45, 2.75) is 129 Å². The van der Waals surface area contributed by atoms with Crippen LogP contribution in [0.5, 0.6) is 0 Å². The van der Waals surface area contributed by atoms with Crippen LogP contribution in [0, 0.1) is 0 Å². The lowest BCUT2D eigenvalue weighted by Crippen LogP contribution is -2.64. The molecular weight excluding hydrogens is 621 g/mol. The first kappa shape index (κ1) is 37.6. The molecule has 0 unspecified atom stereocenters. The molecule has 0 aliphatic heterocycles. The maximum atomic E-state index is 14.3. The normalized spacial score (nSPS) is 18.7. The van der Waals surface area contributed by atoms with Gasteiger partial charge in [0, 0.05) is 70.5 Å². The van der Waals surface area contributed by atoms with E-state index in [-0.39, 0.29) is 0 Å². The first-order valence-electron chi connectivity index (χ1n) is 19.7. The number of benzene rings is 2. The molecule has 0 radical (unpaired) electrons. The van der Waals surface area contributed by atoms with Gasteiger partial charge in [0.25, 0.3) is 0 Å². The van der Waals surface area contributed by atoms with Crippen LogP contribution in [0.15, 0.2) is 48.8 Å². The van der Waals surface area contributed by atoms with Gasteiger partial charge < -0.3 is 31.5 Å². The number of anilines is 4. The van der Waals surface area contributed by atoms with Crippen LogP contribution in [0.25, 0.3) is 21.5 Å². The average Bonchev–Trinajstić information content (AvgIpc) is 3.13. The molecule has 272 valence electrons. The van der Waals surface area contributed by atoms with Crippen LogP contribution >= 0.6 is 0 Å². The molecule has 0 amide bonds. The van der Waals surface area contributed by atoms with E-state index < -0.39 is 24.0 Å². The number of nitrogens with zero attached hydrogens (tertiary/aromatic N) is 2. The molecule has 1 aliphatic carbocycles. The van der Waals surface area contributed by atoms with Gasteiger partial charge in [0.2, 0.25) is 0 Å². The molecule has 4 aromatic rings. The Morgan fingerprint density at radius 3 is 1.16 bits per heavy atom. The fourth-order valence-corrected chi connectivity index (χ4v) is 7.43. The predicted octanol–water partition coefficient (Wildman–Crippen LogP) is 8.53. The van der Waals surface area contributed by atoms with Gasteiger partial charge in [-0.1, -0.05) is 103 Å². The van der Waals surface area contributed by atoms with E-state index in [1.807, 2.05) is 36.7 Å². The maximum Gasteiger partial charge on any atom is 0.0627 e. The van der Waals surface area contributed by atoms with Crippen molar-refractivity contribution in [3.63, 3.8) is 0 Å². The summed E-state index contributed by atoms with van der Waals surface area (Å²) in [6, 6.07) is 12.3. The van der Waals surface area contributed by atoms with Gasteiger partial charge in [0.15, 0.2) is 0 Å². The van der Waals surface area contributed by atoms with Crippen LogP contribution in [0.1, 0.15) is 128 Å². The van der Waals surface area contributed by atoms with Crippen LogP contribution in [0.2, 0.25) is 0 Å². The topological polar surface area (TPSA) is 120 Å². The first-order chi connectivity index (χ1) is 24.5. The molecule has 2 aromatic heterocycles. The highest BCUT2D eigenvalue weighted by Gasteiger charge is 2.42. The van der Waals surface area contributed by atoms with Crippen LogP contribution in [-0.2, 0) is 0 Å². The number of pyridine rings is 2. The Balaban J connectivity index is 1.48. The lowest BCUT2D eigenvalue weighted by molar-refractivity contribution is -0.536. The second-order valence-electron chi connectivity index (χ2n) is 14.1. The molecule has 1 saturated carbocycles. The van der Waals surface area contributed by atoms with Gasteiger partial charge >= 0.3 is 0 Å². The van der Waals surface area contributed by atoms with E-state index in [2.05, 4.69) is 61.1 Å². The highest BCUT2D eigenvalue weighted by molar-refractivity contribution is 6.05. The number of aromatic nitrogens is 2. The van der Waals surface area contributed by atoms with Gasteiger partial charge in [-0.2, -0.15) is 0 Å². The van der Waals surface area contributed by atoms with Crippen molar-refractivity contribution in [1.82, 2.24) is 9.97 Å². The van der Waals surface area contributed by atoms with Crippen LogP contribution < -0.4 is 31.5 Å². The minimum absolute atomic E-state index is 0.615. The van der Waals surface area contributed by atoms with E-state index in [9.17, 15) is 10.2 Å². The standard InChI is InChI=1S/C42H60N6O2/c1-5-9-13-23-43-31-21-17-19-29-35(31)33(45-25-15-11-7-3)27-47-39(29)37-41(49)38(42(37)50)40-30-20-18-22-32(44-24-14-10-6-2)36(30)34(28-48-40)46-26-16-12-8-4/h17-22,27-28,37-38,41-46H,5-16,23-26H2,1-4H3/q-2. The Bertz CT molecular complexity index is 1480. The highest BCUT2D eigenvalue weighted by atomic mass is 16.3. The molecule has 1 aliphatic rings. The highest BCUT2D eigenvalue weighted by Crippen LogP contribution is 2.49. The first-order valence-corrected chi connectivity index (χ1v) is 19.7. The summed E-state index contributed by atoms with van der Waals surface area (Å²) in [6.07, 6.45) is 15.0. The zero-order chi connectivity index (χ0) is 35.3. The van der Waals surface area contributed by atoms with E-state index in [1.54, 1.807) is 0 Å². The number of hydrogen-bond donors (Lipinski definition) is 4. The van der Waals surface area contributed by atoms with Crippen molar-refractivity contribution in [1.29, 1.82) is 0 Å². The Hall–Kier alpha value is -3.62. The lowest BCUT2D eigenvalue weighted by Gasteiger charge is -2.60. The summed E-state index contributed by atoms with van der Waals surface area (Å²) in [4.78, 5) is 9.73. The quantitative estimate of drug-likeness (QED) is 0.0610. The van der Waals surface area contributed by atoms with E-state index in [1.165, 1.54) is 12.8 Å². The molecule has 0 atom stereocenters. The molecule has 5 rings (SSSR count). The molecule has 0 bridgehead atoms. The molecule has 2 heterocycles. The van der Waals surface area contributed by atoms with E-state index >= 15 is 0 Å². The van der Waals surface area contributed by atoms with Crippen molar-refractivity contribution in [3.05, 3.63) is 60.2 Å². The van der Waals surface area contributed by atoms with E-state index in [0.29, 0.717) is 11.4 Å². The van der Waals surface area contributed by atoms with E-state index in [4.69, 9.17) is 9.97 Å². The zero-order valence-electron chi connectivity index (χ0n) is 31.0. The van der Waals surface area contributed by atoms with E-state index in [0.717, 1.165) is 135 Å². The largest absolute Gasteiger partial charge is 0.851 e. The maximum absolute atomic E-state index is 14.3. The van der Waals surface area contributed by atoms with Gasteiger partial charge in [-0.15, -0.1) is 12.2 Å². The van der Waals surface area contributed by atoms with Gasteiger partial charge in [-0.3, -0.25) is 9.97 Å². The predicted molar refractivity (Wildman–Crippen MR) is 209 cm³/mol. The summed E-state index contributed by atoms with van der Waals surface area (Å²) in [6.45, 7) is 12.3. The third kappa shape index (κ3) is 8.63. The molecule has 4 N–H and O–H groups in total. The third-order valence-corrected chi connectivity index (χ3v) is 10.3. The van der Waals surface area contributed by atoms with Crippen molar-refractivity contribution < 1.29 is 10.2 Å². The summed E-state index contributed by atoms with van der Waals surface area (Å²) < 4.78 is 0. The Kier molecular flexibility index (Phi) is 14.4. The van der Waals surface area contributed by atoms with Crippen molar-refractivity contribution >= 4 is 44.3 Å². The number of fused-ring (bicyclic) bond motifs is 2. The number of hydrogen-bond acceptors (Lipinski definition) is 8. The van der Waals surface area contributed by atoms with Crippen LogP contribution in [0.4, 0.5) is 22.7 Å². The summed E-state index contributed by atoms with van der Waals surface area (Å²) in [7, 11) is 0. The van der Waals surface area contributed by atoms with Gasteiger partial charge in [-0.05, 0) is 49.7 Å². The smallest absolute Gasteiger partial charge is 0.0627 e.